The minimum absolute atomic E-state index is 0.0409. The number of hydrogen-bond donors (Lipinski definition) is 0. The third-order valence-electron chi connectivity index (χ3n) is 7.39. The summed E-state index contributed by atoms with van der Waals surface area (Å²) in [4.78, 5) is 34.2. The first-order valence-electron chi connectivity index (χ1n) is 12.5. The third-order valence-corrected chi connectivity index (χ3v) is 7.39. The smallest absolute Gasteiger partial charge is 0.381 e. The number of allylic oxidation sites excluding steroid dienone is 2. The van der Waals surface area contributed by atoms with Gasteiger partial charge in [0.05, 0.1) is 35.1 Å². The largest absolute Gasteiger partial charge is 0.389 e. The molecule has 1 unspecified atom stereocenters. The molecule has 0 aromatic carbocycles. The minimum atomic E-state index is -4.14. The molecule has 4 aliphatic rings. The summed E-state index contributed by atoms with van der Waals surface area (Å²) in [7, 11) is 0. The number of aromatic nitrogens is 2. The van der Waals surface area contributed by atoms with Crippen LogP contribution in [0.3, 0.4) is 0 Å². The summed E-state index contributed by atoms with van der Waals surface area (Å²) in [5, 5.41) is 4.52. The third kappa shape index (κ3) is 5.04. The van der Waals surface area contributed by atoms with Gasteiger partial charge >= 0.3 is 6.18 Å². The fraction of sp³-hybridized carbons (Fsp3) is 0.600. The van der Waals surface area contributed by atoms with E-state index >= 15 is 0 Å². The van der Waals surface area contributed by atoms with Crippen LogP contribution in [-0.2, 0) is 9.53 Å². The predicted octanol–water partition coefficient (Wildman–Crippen LogP) is 3.28. The molecule has 11 heteroatoms. The predicted molar refractivity (Wildman–Crippen MR) is 127 cm³/mol. The molecule has 0 bridgehead atoms. The molecule has 0 spiro atoms. The summed E-state index contributed by atoms with van der Waals surface area (Å²) < 4.78 is 44.7. The number of carbonyl (C=O) groups is 2. The average Bonchev–Trinajstić information content (AvgIpc) is 3.30. The molecule has 0 saturated carbocycles. The van der Waals surface area contributed by atoms with Crippen molar-refractivity contribution in [3.8, 4) is 0 Å². The van der Waals surface area contributed by atoms with Gasteiger partial charge in [0.25, 0.3) is 5.91 Å². The Morgan fingerprint density at radius 3 is 2.58 bits per heavy atom. The molecule has 3 aliphatic heterocycles. The first-order valence-corrected chi connectivity index (χ1v) is 12.5. The number of piperazine rings is 1. The molecular formula is C25H30F3N5O3. The van der Waals surface area contributed by atoms with Gasteiger partial charge in [-0.1, -0.05) is 11.6 Å². The van der Waals surface area contributed by atoms with Gasteiger partial charge in [0.1, 0.15) is 0 Å². The van der Waals surface area contributed by atoms with E-state index in [1.165, 1.54) is 0 Å². The fourth-order valence-corrected chi connectivity index (χ4v) is 5.38. The maximum absolute atomic E-state index is 13.5. The van der Waals surface area contributed by atoms with Gasteiger partial charge in [-0.3, -0.25) is 19.2 Å². The first-order chi connectivity index (χ1) is 17.2. The summed E-state index contributed by atoms with van der Waals surface area (Å²) in [6.45, 7) is 5.56. The zero-order valence-electron chi connectivity index (χ0n) is 20.3. The molecule has 5 rings (SSSR count). The Morgan fingerprint density at radius 2 is 1.89 bits per heavy atom. The molecule has 1 atom stereocenters. The van der Waals surface area contributed by atoms with Crippen LogP contribution in [0.1, 0.15) is 54.7 Å². The van der Waals surface area contributed by atoms with Gasteiger partial charge in [-0.2, -0.15) is 18.3 Å². The van der Waals surface area contributed by atoms with Crippen molar-refractivity contribution in [2.75, 3.05) is 45.9 Å². The molecule has 1 aromatic heterocycles. The second-order valence-electron chi connectivity index (χ2n) is 9.83. The molecule has 2 fully saturated rings. The van der Waals surface area contributed by atoms with Gasteiger partial charge in [-0.25, -0.2) is 4.99 Å². The van der Waals surface area contributed by atoms with Crippen LogP contribution >= 0.6 is 0 Å². The summed E-state index contributed by atoms with van der Waals surface area (Å²) in [6, 6.07) is 0.113. The Kier molecular flexibility index (Phi) is 6.86. The van der Waals surface area contributed by atoms with E-state index in [2.05, 4.69) is 10.1 Å². The normalized spacial score (nSPS) is 23.6. The minimum Gasteiger partial charge on any atom is -0.381 e. The molecule has 8 nitrogen and oxygen atoms in total. The Morgan fingerprint density at radius 1 is 1.17 bits per heavy atom. The molecule has 1 aromatic rings. The van der Waals surface area contributed by atoms with Crippen LogP contribution in [0.4, 0.5) is 13.2 Å². The average molecular weight is 506 g/mol. The number of hydrogen-bond acceptors (Lipinski definition) is 5. The second-order valence-corrected chi connectivity index (χ2v) is 9.83. The maximum Gasteiger partial charge on any atom is 0.389 e. The van der Waals surface area contributed by atoms with Crippen molar-refractivity contribution >= 4 is 23.1 Å². The Bertz CT molecular complexity index is 1120. The van der Waals surface area contributed by atoms with E-state index in [1.807, 2.05) is 28.7 Å². The lowest BCUT2D eigenvalue weighted by molar-refractivity contribution is -0.137. The number of carbonyl (C=O) groups excluding carboxylic acids is 2. The van der Waals surface area contributed by atoms with E-state index in [9.17, 15) is 22.8 Å². The van der Waals surface area contributed by atoms with Crippen molar-refractivity contribution in [3.05, 3.63) is 35.2 Å². The van der Waals surface area contributed by atoms with Crippen LogP contribution < -0.4 is 0 Å². The van der Waals surface area contributed by atoms with E-state index in [0.29, 0.717) is 62.9 Å². The summed E-state index contributed by atoms with van der Waals surface area (Å²) in [5.74, 6) is -0.860. The van der Waals surface area contributed by atoms with Gasteiger partial charge in [-0.05, 0) is 38.8 Å². The van der Waals surface area contributed by atoms with E-state index in [0.717, 1.165) is 24.0 Å². The standard InChI is InChI=1S/C25H30F3N5O3/c1-16-13-21-19(22-20(23(34)30-21)15-29-33(22)17-3-11-36-12-4-17)14-18(16)24(35)32-9-7-31(8-10-32)6-2-5-25(26,27)28/h13-15,17-18H,2-12H2,1H3. The lowest BCUT2D eigenvalue weighted by atomic mass is 9.84. The van der Waals surface area contributed by atoms with Crippen molar-refractivity contribution in [1.29, 1.82) is 0 Å². The Hall–Kier alpha value is -2.79. The van der Waals surface area contributed by atoms with E-state index in [1.54, 1.807) is 11.1 Å². The van der Waals surface area contributed by atoms with E-state index in [-0.39, 0.29) is 24.3 Å². The van der Waals surface area contributed by atoms with Gasteiger partial charge in [0.2, 0.25) is 5.91 Å². The van der Waals surface area contributed by atoms with Crippen molar-refractivity contribution in [3.63, 3.8) is 0 Å². The van der Waals surface area contributed by atoms with Crippen molar-refractivity contribution in [2.45, 2.75) is 44.8 Å². The molecule has 0 radical (unpaired) electrons. The number of nitrogens with zero attached hydrogens (tertiary/aromatic N) is 5. The molecule has 0 N–H and O–H groups in total. The quantitative estimate of drug-likeness (QED) is 0.614. The molecular weight excluding hydrogens is 475 g/mol. The van der Waals surface area contributed by atoms with Crippen molar-refractivity contribution < 1.29 is 27.5 Å². The van der Waals surface area contributed by atoms with Gasteiger partial charge in [-0.15, -0.1) is 0 Å². The number of aliphatic imine (C=N–C) groups is 1. The van der Waals surface area contributed by atoms with Crippen LogP contribution in [-0.4, -0.2) is 89.2 Å². The highest BCUT2D eigenvalue weighted by molar-refractivity contribution is 6.36. The second kappa shape index (κ2) is 9.93. The zero-order chi connectivity index (χ0) is 25.4. The summed E-state index contributed by atoms with van der Waals surface area (Å²) in [6.07, 6.45) is 2.01. The lowest BCUT2D eigenvalue weighted by Crippen LogP contribution is -2.50. The fourth-order valence-electron chi connectivity index (χ4n) is 5.38. The molecule has 2 amide bonds. The summed E-state index contributed by atoms with van der Waals surface area (Å²) >= 11 is 0. The number of rotatable bonds is 5. The highest BCUT2D eigenvalue weighted by Crippen LogP contribution is 2.37. The monoisotopic (exact) mass is 505 g/mol. The molecule has 1 aliphatic carbocycles. The van der Waals surface area contributed by atoms with E-state index < -0.39 is 18.5 Å². The molecule has 4 heterocycles. The molecule has 2 saturated heterocycles. The summed E-state index contributed by atoms with van der Waals surface area (Å²) in [5.41, 5.74) is 3.28. The van der Waals surface area contributed by atoms with Crippen LogP contribution in [0.15, 0.2) is 28.9 Å². The van der Waals surface area contributed by atoms with Gasteiger partial charge < -0.3 is 9.64 Å². The van der Waals surface area contributed by atoms with Crippen LogP contribution in [0.5, 0.6) is 0 Å². The number of fused-ring (bicyclic) bond motifs is 3. The van der Waals surface area contributed by atoms with Crippen LogP contribution in [0, 0.1) is 5.92 Å². The topological polar surface area (TPSA) is 80.0 Å². The van der Waals surface area contributed by atoms with Crippen LogP contribution in [0.2, 0.25) is 0 Å². The van der Waals surface area contributed by atoms with E-state index in [4.69, 9.17) is 4.74 Å². The molecule has 36 heavy (non-hydrogen) atoms. The SMILES string of the molecule is CC1=CC2=NC(=O)c3cnn(C4CCOCC4)c3C2=CC1C(=O)N1CCN(CCCC(F)(F)F)CC1. The molecule has 194 valence electrons. The highest BCUT2D eigenvalue weighted by atomic mass is 19.4. The van der Waals surface area contributed by atoms with Gasteiger partial charge in [0, 0.05) is 51.4 Å². The number of amides is 2. The lowest BCUT2D eigenvalue weighted by Gasteiger charge is -2.37. The number of ether oxygens (including phenoxy) is 1. The van der Waals surface area contributed by atoms with Crippen LogP contribution in [0.25, 0.3) is 5.57 Å². The van der Waals surface area contributed by atoms with Crippen molar-refractivity contribution in [2.24, 2.45) is 10.9 Å². The maximum atomic E-state index is 13.5. The highest BCUT2D eigenvalue weighted by Gasteiger charge is 2.36. The van der Waals surface area contributed by atoms with Gasteiger partial charge in [0.15, 0.2) is 0 Å². The Balaban J connectivity index is 1.32. The number of alkyl halides is 3. The van der Waals surface area contributed by atoms with Crippen molar-refractivity contribution in [1.82, 2.24) is 19.6 Å². The zero-order valence-corrected chi connectivity index (χ0v) is 20.3. The first kappa shape index (κ1) is 24.9. The Labute approximate surface area is 207 Å². The number of halogens is 3.